The lowest BCUT2D eigenvalue weighted by atomic mass is 9.83. The summed E-state index contributed by atoms with van der Waals surface area (Å²) in [5.41, 5.74) is 2.18. The molecule has 216 valence electrons. The van der Waals surface area contributed by atoms with E-state index in [0.29, 0.717) is 29.1 Å². The maximum Gasteiger partial charge on any atom is 0.514 e. The lowest BCUT2D eigenvalue weighted by Crippen LogP contribution is -2.38. The molecule has 42 heavy (non-hydrogen) atoms. The number of benzene rings is 3. The van der Waals surface area contributed by atoms with Crippen LogP contribution in [0.3, 0.4) is 0 Å². The number of hydrogen-bond donors (Lipinski definition) is 1. The van der Waals surface area contributed by atoms with Crippen molar-refractivity contribution in [3.05, 3.63) is 118 Å². The van der Waals surface area contributed by atoms with Gasteiger partial charge in [-0.15, -0.1) is 0 Å². The van der Waals surface area contributed by atoms with E-state index in [-0.39, 0.29) is 31.0 Å². The summed E-state index contributed by atoms with van der Waals surface area (Å²) in [7, 11) is 0. The van der Waals surface area contributed by atoms with Crippen LogP contribution in [0, 0.1) is 5.41 Å². The van der Waals surface area contributed by atoms with Crippen molar-refractivity contribution in [2.45, 2.75) is 52.9 Å². The van der Waals surface area contributed by atoms with E-state index in [1.807, 2.05) is 81.4 Å². The van der Waals surface area contributed by atoms with Crippen LogP contribution in [0.25, 0.3) is 11.4 Å². The first-order valence-electron chi connectivity index (χ1n) is 13.8. The number of rotatable bonds is 7. The Labute approximate surface area is 244 Å². The Balaban J connectivity index is 1.56. The third-order valence-corrected chi connectivity index (χ3v) is 7.24. The second-order valence-corrected chi connectivity index (χ2v) is 11.3. The summed E-state index contributed by atoms with van der Waals surface area (Å²) in [6.07, 6.45) is -1.47. The number of carbonyl (C=O) groups excluding carboxylic acids is 1. The quantitative estimate of drug-likeness (QED) is 0.202. The summed E-state index contributed by atoms with van der Waals surface area (Å²) in [4.78, 5) is 45.3. The van der Waals surface area contributed by atoms with Crippen molar-refractivity contribution >= 4 is 12.2 Å². The minimum Gasteiger partial charge on any atom is -0.465 e. The number of ether oxygens (including phenoxy) is 2. The van der Waals surface area contributed by atoms with E-state index in [1.165, 1.54) is 4.90 Å². The lowest BCUT2D eigenvalue weighted by molar-refractivity contribution is 0.0892. The topological polar surface area (TPSA) is 111 Å². The minimum absolute atomic E-state index is 0.0174. The summed E-state index contributed by atoms with van der Waals surface area (Å²) in [5, 5.41) is 10.0. The zero-order valence-electron chi connectivity index (χ0n) is 23.8. The minimum atomic E-state index is -1.12. The first kappa shape index (κ1) is 28.6. The predicted molar refractivity (Wildman–Crippen MR) is 157 cm³/mol. The number of aromatic nitrogens is 2. The van der Waals surface area contributed by atoms with Gasteiger partial charge in [-0.1, -0.05) is 93.6 Å². The number of aryl methyl sites for hydroxylation is 1. The highest BCUT2D eigenvalue weighted by atomic mass is 16.7. The van der Waals surface area contributed by atoms with Gasteiger partial charge in [0.15, 0.2) is 0 Å². The summed E-state index contributed by atoms with van der Waals surface area (Å²) >= 11 is 0. The van der Waals surface area contributed by atoms with E-state index in [1.54, 1.807) is 28.8 Å². The molecule has 0 bridgehead atoms. The van der Waals surface area contributed by atoms with Gasteiger partial charge in [0.2, 0.25) is 0 Å². The molecule has 0 fully saturated rings. The van der Waals surface area contributed by atoms with Crippen molar-refractivity contribution in [1.29, 1.82) is 0 Å². The predicted octanol–water partition coefficient (Wildman–Crippen LogP) is 6.45. The molecule has 1 unspecified atom stereocenters. The Morgan fingerprint density at radius 2 is 1.55 bits per heavy atom. The van der Waals surface area contributed by atoms with Crippen molar-refractivity contribution in [3.63, 3.8) is 0 Å². The summed E-state index contributed by atoms with van der Waals surface area (Å²) in [6.45, 7) is 6.04. The van der Waals surface area contributed by atoms with Crippen molar-refractivity contribution in [1.82, 2.24) is 14.5 Å². The molecule has 1 aliphatic heterocycles. The summed E-state index contributed by atoms with van der Waals surface area (Å²) < 4.78 is 12.5. The zero-order chi connectivity index (χ0) is 29.9. The Morgan fingerprint density at radius 1 is 0.929 bits per heavy atom. The molecular formula is C33H33N3O6. The third-order valence-electron chi connectivity index (χ3n) is 7.24. The molecule has 1 N–H and O–H groups in total. The van der Waals surface area contributed by atoms with E-state index in [0.717, 1.165) is 11.1 Å². The standard InChI is InChI=1S/C33H33N3O6/c1-33(2,3)28-27-25(20-36(28)31(38)39)34-29(35(30(27)37)19-18-22-12-6-4-7-13-22)24-16-10-11-17-26(24)42-32(40)41-21-23-14-8-5-9-15-23/h4-17,28H,18-21H2,1-3H3,(H,38,39). The molecule has 0 saturated heterocycles. The van der Waals surface area contributed by atoms with Gasteiger partial charge in [0.05, 0.1) is 29.4 Å². The van der Waals surface area contributed by atoms with Crippen molar-refractivity contribution in [2.75, 3.05) is 0 Å². The Bertz CT molecular complexity index is 1640. The van der Waals surface area contributed by atoms with Gasteiger partial charge in [0, 0.05) is 6.54 Å². The molecule has 4 aromatic rings. The Morgan fingerprint density at radius 3 is 2.19 bits per heavy atom. The van der Waals surface area contributed by atoms with Crippen LogP contribution < -0.4 is 10.3 Å². The molecule has 1 atom stereocenters. The van der Waals surface area contributed by atoms with Crippen LogP contribution in [0.1, 0.15) is 49.2 Å². The Hall–Kier alpha value is -4.92. The van der Waals surface area contributed by atoms with Crippen molar-refractivity contribution in [3.8, 4) is 17.1 Å². The highest BCUT2D eigenvalue weighted by Crippen LogP contribution is 2.43. The molecule has 1 aromatic heterocycles. The Kier molecular flexibility index (Phi) is 8.10. The maximum atomic E-state index is 14.3. The molecule has 1 amide bonds. The van der Waals surface area contributed by atoms with Crippen LogP contribution in [0.2, 0.25) is 0 Å². The number of fused-ring (bicyclic) bond motifs is 1. The van der Waals surface area contributed by atoms with E-state index in [4.69, 9.17) is 14.5 Å². The monoisotopic (exact) mass is 567 g/mol. The number of hydrogen-bond acceptors (Lipinski definition) is 6. The van der Waals surface area contributed by atoms with E-state index in [2.05, 4.69) is 0 Å². The van der Waals surface area contributed by atoms with Gasteiger partial charge in [-0.05, 0) is 35.1 Å². The fourth-order valence-corrected chi connectivity index (χ4v) is 5.37. The third kappa shape index (κ3) is 6.05. The van der Waals surface area contributed by atoms with Crippen LogP contribution in [0.5, 0.6) is 5.75 Å². The average molecular weight is 568 g/mol. The molecule has 9 heteroatoms. The number of carboxylic acid groups (broad SMARTS) is 1. The first-order valence-corrected chi connectivity index (χ1v) is 13.8. The van der Waals surface area contributed by atoms with E-state index < -0.39 is 23.7 Å². The van der Waals surface area contributed by atoms with Gasteiger partial charge in [-0.2, -0.15) is 0 Å². The van der Waals surface area contributed by atoms with Crippen LogP contribution in [-0.2, 0) is 30.9 Å². The van der Waals surface area contributed by atoms with Crippen LogP contribution in [0.4, 0.5) is 9.59 Å². The van der Waals surface area contributed by atoms with Gasteiger partial charge in [-0.25, -0.2) is 14.6 Å². The second kappa shape index (κ2) is 11.9. The van der Waals surface area contributed by atoms with Gasteiger partial charge in [-0.3, -0.25) is 14.3 Å². The largest absolute Gasteiger partial charge is 0.514 e. The zero-order valence-corrected chi connectivity index (χ0v) is 23.8. The molecule has 0 aliphatic carbocycles. The average Bonchev–Trinajstić information content (AvgIpc) is 3.38. The van der Waals surface area contributed by atoms with Gasteiger partial charge >= 0.3 is 12.2 Å². The summed E-state index contributed by atoms with van der Waals surface area (Å²) in [6, 6.07) is 25.2. The maximum absolute atomic E-state index is 14.3. The first-order chi connectivity index (χ1) is 20.1. The number of nitrogens with zero attached hydrogens (tertiary/aromatic N) is 3. The normalized spacial score (nSPS) is 14.4. The van der Waals surface area contributed by atoms with Gasteiger partial charge in [0.25, 0.3) is 5.56 Å². The fourth-order valence-electron chi connectivity index (χ4n) is 5.37. The molecule has 2 heterocycles. The highest BCUT2D eigenvalue weighted by Gasteiger charge is 2.44. The SMILES string of the molecule is CC(C)(C)C1c2c(nc(-c3ccccc3OC(=O)OCc3ccccc3)n(CCc3ccccc3)c2=O)CN1C(=O)O. The smallest absolute Gasteiger partial charge is 0.465 e. The van der Waals surface area contributed by atoms with Gasteiger partial charge in [0.1, 0.15) is 18.2 Å². The number of para-hydroxylation sites is 1. The van der Waals surface area contributed by atoms with E-state index in [9.17, 15) is 19.5 Å². The molecule has 0 spiro atoms. The highest BCUT2D eigenvalue weighted by molar-refractivity contribution is 5.72. The van der Waals surface area contributed by atoms with Crippen molar-refractivity contribution < 1.29 is 24.2 Å². The fraction of sp³-hybridized carbons (Fsp3) is 0.273. The molecule has 0 radical (unpaired) electrons. The van der Waals surface area contributed by atoms with Crippen molar-refractivity contribution in [2.24, 2.45) is 5.41 Å². The second-order valence-electron chi connectivity index (χ2n) is 11.3. The molecule has 3 aromatic carbocycles. The lowest BCUT2D eigenvalue weighted by Gasteiger charge is -2.33. The van der Waals surface area contributed by atoms with Crippen LogP contribution in [0.15, 0.2) is 89.7 Å². The van der Waals surface area contributed by atoms with E-state index >= 15 is 0 Å². The van der Waals surface area contributed by atoms with Crippen LogP contribution in [-0.4, -0.2) is 31.8 Å². The summed E-state index contributed by atoms with van der Waals surface area (Å²) in [5.74, 6) is 0.470. The molecular weight excluding hydrogens is 534 g/mol. The molecule has 0 saturated carbocycles. The molecule has 9 nitrogen and oxygen atoms in total. The van der Waals surface area contributed by atoms with Crippen LogP contribution >= 0.6 is 0 Å². The molecule has 5 rings (SSSR count). The number of carbonyl (C=O) groups is 2. The number of amides is 1. The molecule has 1 aliphatic rings. The van der Waals surface area contributed by atoms with Gasteiger partial charge < -0.3 is 14.6 Å².